The van der Waals surface area contributed by atoms with Crippen LogP contribution in [0.3, 0.4) is 0 Å². The van der Waals surface area contributed by atoms with Gasteiger partial charge in [0.2, 0.25) is 5.91 Å². The van der Waals surface area contributed by atoms with Crippen LogP contribution in [0.1, 0.15) is 23.2 Å². The van der Waals surface area contributed by atoms with Gasteiger partial charge in [-0.15, -0.1) is 0 Å². The van der Waals surface area contributed by atoms with Crippen molar-refractivity contribution in [2.75, 3.05) is 26.2 Å². The molecule has 0 spiro atoms. The zero-order chi connectivity index (χ0) is 15.7. The van der Waals surface area contributed by atoms with Crippen LogP contribution in [0.5, 0.6) is 0 Å². The number of carbonyl (C=O) groups excluding carboxylic acids is 2. The molecule has 2 unspecified atom stereocenters. The standard InChI is InChI=1S/C15H18N2O4S/c18-13(10-3-8-22-9-10)16-4-6-17(7-5-16)14(19)11-1-2-12(11)15(20)21/h3,8-9,11-12H,1-2,4-7H2,(H,20,21). The van der Waals surface area contributed by atoms with E-state index in [-0.39, 0.29) is 17.7 Å². The molecule has 2 atom stereocenters. The monoisotopic (exact) mass is 322 g/mol. The van der Waals surface area contributed by atoms with E-state index in [1.54, 1.807) is 15.9 Å². The third kappa shape index (κ3) is 2.72. The number of rotatable bonds is 3. The SMILES string of the molecule is O=C(O)C1CCC1C(=O)N1CCN(C(=O)c2ccsc2)CC1. The molecule has 3 rings (SSSR count). The highest BCUT2D eigenvalue weighted by Gasteiger charge is 2.43. The minimum absolute atomic E-state index is 0.000376. The highest BCUT2D eigenvalue weighted by atomic mass is 32.1. The Balaban J connectivity index is 1.54. The van der Waals surface area contributed by atoms with Gasteiger partial charge in [0.15, 0.2) is 0 Å². The molecule has 1 aromatic rings. The van der Waals surface area contributed by atoms with Gasteiger partial charge in [-0.05, 0) is 24.3 Å². The van der Waals surface area contributed by atoms with Gasteiger partial charge in [0.05, 0.1) is 17.4 Å². The van der Waals surface area contributed by atoms with Crippen LogP contribution in [0.2, 0.25) is 0 Å². The zero-order valence-electron chi connectivity index (χ0n) is 12.1. The van der Waals surface area contributed by atoms with Crippen molar-refractivity contribution >= 4 is 29.1 Å². The number of carboxylic acid groups (broad SMARTS) is 1. The van der Waals surface area contributed by atoms with Crippen molar-refractivity contribution < 1.29 is 19.5 Å². The van der Waals surface area contributed by atoms with Crippen LogP contribution in [-0.4, -0.2) is 58.9 Å². The second-order valence-electron chi connectivity index (χ2n) is 5.76. The van der Waals surface area contributed by atoms with E-state index in [0.717, 1.165) is 0 Å². The van der Waals surface area contributed by atoms with Gasteiger partial charge in [-0.2, -0.15) is 11.3 Å². The van der Waals surface area contributed by atoms with E-state index >= 15 is 0 Å². The van der Waals surface area contributed by atoms with Crippen LogP contribution in [0.15, 0.2) is 16.8 Å². The lowest BCUT2D eigenvalue weighted by atomic mass is 9.73. The van der Waals surface area contributed by atoms with Crippen molar-refractivity contribution in [2.24, 2.45) is 11.8 Å². The van der Waals surface area contributed by atoms with Crippen LogP contribution in [0.4, 0.5) is 0 Å². The molecule has 1 saturated heterocycles. The molecule has 2 aliphatic rings. The first-order chi connectivity index (χ1) is 10.6. The quantitative estimate of drug-likeness (QED) is 0.905. The molecule has 1 N–H and O–H groups in total. The topological polar surface area (TPSA) is 77.9 Å². The number of hydrogen-bond acceptors (Lipinski definition) is 4. The van der Waals surface area contributed by atoms with E-state index in [9.17, 15) is 14.4 Å². The summed E-state index contributed by atoms with van der Waals surface area (Å²) in [5, 5.41) is 12.7. The minimum Gasteiger partial charge on any atom is -0.481 e. The predicted octanol–water partition coefficient (Wildman–Crippen LogP) is 1.14. The summed E-state index contributed by atoms with van der Waals surface area (Å²) < 4.78 is 0. The molecular weight excluding hydrogens is 304 g/mol. The number of hydrogen-bond donors (Lipinski definition) is 1. The molecule has 1 saturated carbocycles. The average Bonchev–Trinajstić information content (AvgIpc) is 2.99. The average molecular weight is 322 g/mol. The molecule has 6 nitrogen and oxygen atoms in total. The first-order valence-electron chi connectivity index (χ1n) is 7.41. The third-order valence-corrected chi connectivity index (χ3v) is 5.24. The Kier molecular flexibility index (Phi) is 4.15. The first-order valence-corrected chi connectivity index (χ1v) is 8.35. The lowest BCUT2D eigenvalue weighted by Gasteiger charge is -2.40. The number of carbonyl (C=O) groups is 3. The van der Waals surface area contributed by atoms with Crippen LogP contribution >= 0.6 is 11.3 Å². The highest BCUT2D eigenvalue weighted by Crippen LogP contribution is 2.36. The smallest absolute Gasteiger partial charge is 0.307 e. The Hall–Kier alpha value is -1.89. The maximum Gasteiger partial charge on any atom is 0.307 e. The molecule has 0 bridgehead atoms. The van der Waals surface area contributed by atoms with Gasteiger partial charge >= 0.3 is 5.97 Å². The van der Waals surface area contributed by atoms with Crippen LogP contribution in [0, 0.1) is 11.8 Å². The minimum atomic E-state index is -0.879. The van der Waals surface area contributed by atoms with Gasteiger partial charge in [0.1, 0.15) is 0 Å². The largest absolute Gasteiger partial charge is 0.481 e. The van der Waals surface area contributed by atoms with Gasteiger partial charge in [-0.25, -0.2) is 0 Å². The fraction of sp³-hybridized carbons (Fsp3) is 0.533. The van der Waals surface area contributed by atoms with E-state index in [1.165, 1.54) is 11.3 Å². The number of piperazine rings is 1. The molecule has 22 heavy (non-hydrogen) atoms. The van der Waals surface area contributed by atoms with Gasteiger partial charge in [0.25, 0.3) is 5.91 Å². The van der Waals surface area contributed by atoms with Crippen molar-refractivity contribution in [3.8, 4) is 0 Å². The summed E-state index contributed by atoms with van der Waals surface area (Å²) in [7, 11) is 0. The Morgan fingerprint density at radius 2 is 1.68 bits per heavy atom. The third-order valence-electron chi connectivity index (χ3n) is 4.56. The molecule has 1 aromatic heterocycles. The lowest BCUT2D eigenvalue weighted by Crippen LogP contribution is -2.54. The van der Waals surface area contributed by atoms with E-state index < -0.39 is 11.9 Å². The fourth-order valence-corrected chi connectivity index (χ4v) is 3.65. The second kappa shape index (κ2) is 6.08. The summed E-state index contributed by atoms with van der Waals surface area (Å²) in [5.74, 6) is -1.85. The Labute approximate surface area is 132 Å². The van der Waals surface area contributed by atoms with Crippen LogP contribution in [0.25, 0.3) is 0 Å². The molecule has 2 amide bonds. The Bertz CT molecular complexity index is 578. The summed E-state index contributed by atoms with van der Waals surface area (Å²) in [6, 6.07) is 1.80. The van der Waals surface area contributed by atoms with Crippen molar-refractivity contribution in [2.45, 2.75) is 12.8 Å². The number of carboxylic acids is 1. The number of aliphatic carboxylic acids is 1. The van der Waals surface area contributed by atoms with E-state index in [1.807, 2.05) is 10.8 Å². The molecule has 2 fully saturated rings. The normalized spacial score (nSPS) is 24.7. The van der Waals surface area contributed by atoms with Gasteiger partial charge in [-0.3, -0.25) is 14.4 Å². The van der Waals surface area contributed by atoms with Crippen LogP contribution in [-0.2, 0) is 9.59 Å². The van der Waals surface area contributed by atoms with Gasteiger partial charge < -0.3 is 14.9 Å². The van der Waals surface area contributed by atoms with Gasteiger partial charge in [0, 0.05) is 31.6 Å². The maximum absolute atomic E-state index is 12.4. The molecule has 0 radical (unpaired) electrons. The predicted molar refractivity (Wildman–Crippen MR) is 80.7 cm³/mol. The van der Waals surface area contributed by atoms with E-state index in [4.69, 9.17) is 5.11 Å². The summed E-state index contributed by atoms with van der Waals surface area (Å²) in [6.45, 7) is 1.98. The lowest BCUT2D eigenvalue weighted by molar-refractivity contribution is -0.157. The summed E-state index contributed by atoms with van der Waals surface area (Å²) in [6.07, 6.45) is 1.24. The first kappa shape index (κ1) is 15.0. The van der Waals surface area contributed by atoms with Crippen molar-refractivity contribution in [1.82, 2.24) is 9.80 Å². The molecule has 118 valence electrons. The summed E-state index contributed by atoms with van der Waals surface area (Å²) >= 11 is 1.49. The Morgan fingerprint density at radius 3 is 2.18 bits per heavy atom. The number of amides is 2. The molecule has 1 aliphatic carbocycles. The second-order valence-corrected chi connectivity index (χ2v) is 6.54. The Morgan fingerprint density at radius 1 is 1.05 bits per heavy atom. The maximum atomic E-state index is 12.4. The van der Waals surface area contributed by atoms with Crippen LogP contribution < -0.4 is 0 Å². The van der Waals surface area contributed by atoms with E-state index in [2.05, 4.69) is 0 Å². The van der Waals surface area contributed by atoms with Crippen molar-refractivity contribution in [3.05, 3.63) is 22.4 Å². The fourth-order valence-electron chi connectivity index (χ4n) is 3.02. The molecule has 7 heteroatoms. The van der Waals surface area contributed by atoms with Gasteiger partial charge in [-0.1, -0.05) is 0 Å². The molecular formula is C15H18N2O4S. The summed E-state index contributed by atoms with van der Waals surface area (Å²) in [4.78, 5) is 39.1. The number of thiophene rings is 1. The zero-order valence-corrected chi connectivity index (χ0v) is 12.9. The molecule has 1 aliphatic heterocycles. The molecule has 0 aromatic carbocycles. The van der Waals surface area contributed by atoms with Crippen molar-refractivity contribution in [3.63, 3.8) is 0 Å². The summed E-state index contributed by atoms with van der Waals surface area (Å²) in [5.41, 5.74) is 0.690. The number of nitrogens with zero attached hydrogens (tertiary/aromatic N) is 2. The van der Waals surface area contributed by atoms with E-state index in [0.29, 0.717) is 44.6 Å². The highest BCUT2D eigenvalue weighted by molar-refractivity contribution is 7.08. The molecule has 2 heterocycles. The van der Waals surface area contributed by atoms with Crippen molar-refractivity contribution in [1.29, 1.82) is 0 Å².